The molecule has 2 heteroatoms. The molecule has 0 N–H and O–H groups in total. The zero-order valence-corrected chi connectivity index (χ0v) is 33.4. The van der Waals surface area contributed by atoms with Crippen molar-refractivity contribution in [2.45, 2.75) is 5.41 Å². The van der Waals surface area contributed by atoms with E-state index in [2.05, 4.69) is 235 Å². The van der Waals surface area contributed by atoms with Crippen molar-refractivity contribution in [3.05, 3.63) is 259 Å². The largest absolute Gasteiger partial charge is 0.456 e. The monoisotopic (exact) mass is 777 g/mol. The summed E-state index contributed by atoms with van der Waals surface area (Å²) in [6.07, 6.45) is 0. The van der Waals surface area contributed by atoms with Crippen molar-refractivity contribution < 1.29 is 4.42 Å². The van der Waals surface area contributed by atoms with Crippen LogP contribution < -0.4 is 4.90 Å². The number of furan rings is 1. The third-order valence-corrected chi connectivity index (χ3v) is 12.7. The van der Waals surface area contributed by atoms with Crippen molar-refractivity contribution in [1.82, 2.24) is 0 Å². The maximum atomic E-state index is 6.46. The highest BCUT2D eigenvalue weighted by molar-refractivity contribution is 6.14. The van der Waals surface area contributed by atoms with Crippen LogP contribution in [0.2, 0.25) is 0 Å². The Kier molecular flexibility index (Phi) is 8.11. The molecular formula is C59H39NO. The molecule has 11 aromatic rings. The molecule has 0 fully saturated rings. The Labute approximate surface area is 355 Å². The first kappa shape index (κ1) is 35.0. The van der Waals surface area contributed by atoms with Crippen molar-refractivity contribution in [3.63, 3.8) is 0 Å². The van der Waals surface area contributed by atoms with Gasteiger partial charge in [0.25, 0.3) is 0 Å². The minimum Gasteiger partial charge on any atom is -0.456 e. The van der Waals surface area contributed by atoms with E-state index in [0.29, 0.717) is 0 Å². The van der Waals surface area contributed by atoms with Gasteiger partial charge >= 0.3 is 0 Å². The maximum absolute atomic E-state index is 6.46. The van der Waals surface area contributed by atoms with Gasteiger partial charge in [0.2, 0.25) is 0 Å². The zero-order chi connectivity index (χ0) is 40.3. The van der Waals surface area contributed by atoms with Gasteiger partial charge in [-0.3, -0.25) is 0 Å². The van der Waals surface area contributed by atoms with E-state index in [1.54, 1.807) is 0 Å². The maximum Gasteiger partial charge on any atom is 0.136 e. The van der Waals surface area contributed by atoms with E-state index in [1.807, 2.05) is 6.07 Å². The number of para-hydroxylation sites is 2. The molecule has 0 atom stereocenters. The van der Waals surface area contributed by atoms with Gasteiger partial charge in [0, 0.05) is 27.6 Å². The molecule has 61 heavy (non-hydrogen) atoms. The van der Waals surface area contributed by atoms with Crippen molar-refractivity contribution in [3.8, 4) is 33.4 Å². The number of rotatable bonds is 7. The number of hydrogen-bond donors (Lipinski definition) is 0. The fourth-order valence-electron chi connectivity index (χ4n) is 10.1. The van der Waals surface area contributed by atoms with Crippen LogP contribution in [0.15, 0.2) is 241 Å². The second kappa shape index (κ2) is 14.1. The Morgan fingerprint density at radius 3 is 1.74 bits per heavy atom. The molecule has 1 aliphatic rings. The molecule has 10 aromatic carbocycles. The summed E-state index contributed by atoms with van der Waals surface area (Å²) in [4.78, 5) is 2.49. The summed E-state index contributed by atoms with van der Waals surface area (Å²) in [5.41, 5.74) is 16.6. The molecule has 2 nitrogen and oxygen atoms in total. The second-order valence-electron chi connectivity index (χ2n) is 16.0. The van der Waals surface area contributed by atoms with Crippen LogP contribution in [-0.4, -0.2) is 0 Å². The quantitative estimate of drug-likeness (QED) is 0.160. The van der Waals surface area contributed by atoms with Crippen LogP contribution in [0.4, 0.5) is 17.1 Å². The molecule has 0 unspecified atom stereocenters. The van der Waals surface area contributed by atoms with Crippen LogP contribution >= 0.6 is 0 Å². The molecule has 0 aliphatic heterocycles. The molecule has 0 spiro atoms. The van der Waals surface area contributed by atoms with Crippen LogP contribution in [0.3, 0.4) is 0 Å². The lowest BCUT2D eigenvalue weighted by Crippen LogP contribution is -2.28. The minimum absolute atomic E-state index is 0.531. The van der Waals surface area contributed by atoms with Crippen LogP contribution in [-0.2, 0) is 5.41 Å². The zero-order valence-electron chi connectivity index (χ0n) is 33.4. The molecular weight excluding hydrogens is 739 g/mol. The van der Waals surface area contributed by atoms with E-state index in [9.17, 15) is 0 Å². The lowest BCUT2D eigenvalue weighted by molar-refractivity contribution is 0.669. The second-order valence-corrected chi connectivity index (χ2v) is 16.0. The average molecular weight is 778 g/mol. The van der Waals surface area contributed by atoms with Gasteiger partial charge < -0.3 is 9.32 Å². The topological polar surface area (TPSA) is 16.4 Å². The fourth-order valence-corrected chi connectivity index (χ4v) is 10.1. The summed E-state index contributed by atoms with van der Waals surface area (Å²) in [6.45, 7) is 0. The van der Waals surface area contributed by atoms with Gasteiger partial charge in [-0.05, 0) is 97.7 Å². The fraction of sp³-hybridized carbons (Fsp3) is 0.0169. The first-order valence-corrected chi connectivity index (χ1v) is 21.0. The molecule has 286 valence electrons. The smallest absolute Gasteiger partial charge is 0.136 e. The van der Waals surface area contributed by atoms with E-state index in [0.717, 1.165) is 50.1 Å². The van der Waals surface area contributed by atoms with Gasteiger partial charge in [-0.2, -0.15) is 0 Å². The normalized spacial score (nSPS) is 12.7. The van der Waals surface area contributed by atoms with E-state index < -0.39 is 5.41 Å². The SMILES string of the molecule is c1ccc(C2(c3ccccc3)c3ccccc3-c3c(N(c4ccc(-c5ccc6ccccc6c5)cc4)c4ccccc4-c4cccc5oc6ccccc6c45)cccc32)cc1. The summed E-state index contributed by atoms with van der Waals surface area (Å²) in [5.74, 6) is 0. The molecule has 0 amide bonds. The number of fused-ring (bicyclic) bond motifs is 7. The molecule has 1 aliphatic carbocycles. The average Bonchev–Trinajstić information content (AvgIpc) is 3.87. The van der Waals surface area contributed by atoms with Crippen molar-refractivity contribution in [1.29, 1.82) is 0 Å². The van der Waals surface area contributed by atoms with E-state index in [4.69, 9.17) is 4.42 Å². The van der Waals surface area contributed by atoms with Crippen molar-refractivity contribution >= 4 is 49.8 Å². The van der Waals surface area contributed by atoms with E-state index in [1.165, 1.54) is 55.3 Å². The Morgan fingerprint density at radius 2 is 0.934 bits per heavy atom. The first-order chi connectivity index (χ1) is 30.3. The Hall–Kier alpha value is -7.94. The number of benzene rings is 10. The van der Waals surface area contributed by atoms with Gasteiger partial charge in [0.1, 0.15) is 11.2 Å². The summed E-state index contributed by atoms with van der Waals surface area (Å²) in [7, 11) is 0. The van der Waals surface area contributed by atoms with Gasteiger partial charge in [0.15, 0.2) is 0 Å². The predicted octanol–water partition coefficient (Wildman–Crippen LogP) is 15.9. The highest BCUT2D eigenvalue weighted by Crippen LogP contribution is 2.60. The molecule has 0 saturated carbocycles. The lowest BCUT2D eigenvalue weighted by atomic mass is 9.68. The molecule has 1 aromatic heterocycles. The predicted molar refractivity (Wildman–Crippen MR) is 254 cm³/mol. The standard InChI is InChI=1S/C59H39NO/c1-3-19-44(20-4-1)59(45-21-5-2-6-22-45)51-27-12-9-24-49(51)58-52(59)28-16-30-54(58)60(46-37-35-41(36-38-46)43-34-33-40-17-7-8-18-42(40)39-43)53-29-13-10-23-47(53)48-26-15-32-56-57(48)50-25-11-14-31-55(50)61-56/h1-39H. The molecule has 0 radical (unpaired) electrons. The minimum atomic E-state index is -0.531. The number of anilines is 3. The summed E-state index contributed by atoms with van der Waals surface area (Å²) >= 11 is 0. The number of nitrogens with zero attached hydrogens (tertiary/aromatic N) is 1. The molecule has 1 heterocycles. The van der Waals surface area contributed by atoms with Gasteiger partial charge in [0.05, 0.1) is 16.8 Å². The highest BCUT2D eigenvalue weighted by atomic mass is 16.3. The van der Waals surface area contributed by atoms with E-state index >= 15 is 0 Å². The van der Waals surface area contributed by atoms with Gasteiger partial charge in [-0.25, -0.2) is 0 Å². The van der Waals surface area contributed by atoms with Gasteiger partial charge in [-0.1, -0.05) is 194 Å². The Balaban J connectivity index is 1.14. The Bertz CT molecular complexity index is 3380. The molecule has 0 saturated heterocycles. The van der Waals surface area contributed by atoms with E-state index in [-0.39, 0.29) is 0 Å². The first-order valence-electron chi connectivity index (χ1n) is 21.0. The summed E-state index contributed by atoms with van der Waals surface area (Å²) < 4.78 is 6.46. The lowest BCUT2D eigenvalue weighted by Gasteiger charge is -2.34. The Morgan fingerprint density at radius 1 is 0.361 bits per heavy atom. The van der Waals surface area contributed by atoms with Crippen LogP contribution in [0, 0.1) is 0 Å². The van der Waals surface area contributed by atoms with Crippen LogP contribution in [0.25, 0.3) is 66.1 Å². The van der Waals surface area contributed by atoms with Crippen molar-refractivity contribution in [2.75, 3.05) is 4.90 Å². The van der Waals surface area contributed by atoms with Crippen LogP contribution in [0.5, 0.6) is 0 Å². The third kappa shape index (κ3) is 5.43. The van der Waals surface area contributed by atoms with Gasteiger partial charge in [-0.15, -0.1) is 0 Å². The summed E-state index contributed by atoms with van der Waals surface area (Å²) in [6, 6.07) is 86.1. The van der Waals surface area contributed by atoms with Crippen molar-refractivity contribution in [2.24, 2.45) is 0 Å². The van der Waals surface area contributed by atoms with Crippen LogP contribution in [0.1, 0.15) is 22.3 Å². The molecule has 0 bridgehead atoms. The highest BCUT2D eigenvalue weighted by Gasteiger charge is 2.47. The molecule has 12 rings (SSSR count). The number of hydrogen-bond acceptors (Lipinski definition) is 2. The third-order valence-electron chi connectivity index (χ3n) is 12.7. The summed E-state index contributed by atoms with van der Waals surface area (Å²) in [5, 5.41) is 4.71.